The van der Waals surface area contributed by atoms with E-state index in [1.165, 1.54) is 13.2 Å². The van der Waals surface area contributed by atoms with Crippen molar-refractivity contribution in [3.63, 3.8) is 0 Å². The average Bonchev–Trinajstić information content (AvgIpc) is 3.10. The van der Waals surface area contributed by atoms with Crippen LogP contribution in [0, 0.1) is 23.6 Å². The number of methoxy groups -OCH3 is 1. The Morgan fingerprint density at radius 3 is 2.32 bits per heavy atom. The molecule has 6 rings (SSSR count). The van der Waals surface area contributed by atoms with Crippen molar-refractivity contribution in [3.05, 3.63) is 101 Å². The molecule has 2 aliphatic rings. The summed E-state index contributed by atoms with van der Waals surface area (Å²) in [4.78, 5) is 40.1. The predicted octanol–water partition coefficient (Wildman–Crippen LogP) is 8.54. The number of carbonyl (C=O) groups excluding carboxylic acids is 3. The van der Waals surface area contributed by atoms with Gasteiger partial charge in [-0.05, 0) is 92.3 Å². The summed E-state index contributed by atoms with van der Waals surface area (Å²) in [5, 5.41) is 8.00. The smallest absolute Gasteiger partial charge is 0.312 e. The van der Waals surface area contributed by atoms with Crippen molar-refractivity contribution < 1.29 is 33.0 Å². The summed E-state index contributed by atoms with van der Waals surface area (Å²) in [6, 6.07) is 21.7. The molecule has 262 valence electrons. The monoisotopic (exact) mass is 680 g/mol. The van der Waals surface area contributed by atoms with Crippen molar-refractivity contribution in [2.75, 3.05) is 19.0 Å². The van der Waals surface area contributed by atoms with Crippen molar-refractivity contribution >= 4 is 34.2 Å². The number of hydrogen-bond donors (Lipinski definition) is 2. The van der Waals surface area contributed by atoms with Gasteiger partial charge in [0.1, 0.15) is 12.4 Å². The number of aryl methyl sites for hydroxylation is 1. The van der Waals surface area contributed by atoms with Crippen LogP contribution in [0.25, 0.3) is 10.8 Å². The molecule has 2 aliphatic carbocycles. The highest BCUT2D eigenvalue weighted by Gasteiger charge is 2.40. The van der Waals surface area contributed by atoms with Gasteiger partial charge in [-0.25, -0.2) is 4.39 Å². The molecular weight excluding hydrogens is 635 g/mol. The Labute approximate surface area is 292 Å². The van der Waals surface area contributed by atoms with Crippen molar-refractivity contribution in [1.82, 2.24) is 5.32 Å². The zero-order chi connectivity index (χ0) is 35.5. The molecule has 0 unspecified atom stereocenters. The molecule has 0 bridgehead atoms. The lowest BCUT2D eigenvalue weighted by Gasteiger charge is -2.38. The molecule has 8 nitrogen and oxygen atoms in total. The van der Waals surface area contributed by atoms with Gasteiger partial charge in [0.15, 0.2) is 11.6 Å². The first-order valence-electron chi connectivity index (χ1n) is 17.4. The van der Waals surface area contributed by atoms with Crippen molar-refractivity contribution in [3.8, 4) is 11.5 Å². The summed E-state index contributed by atoms with van der Waals surface area (Å²) in [7, 11) is 1.36. The van der Waals surface area contributed by atoms with Crippen LogP contribution in [0.15, 0.2) is 72.8 Å². The molecule has 0 radical (unpaired) electrons. The Hall–Kier alpha value is -4.92. The summed E-state index contributed by atoms with van der Waals surface area (Å²) in [6.45, 7) is 6.69. The first kappa shape index (κ1) is 34.9. The van der Waals surface area contributed by atoms with Gasteiger partial charge >= 0.3 is 5.97 Å². The Kier molecular flexibility index (Phi) is 10.1. The molecule has 0 saturated heterocycles. The van der Waals surface area contributed by atoms with Gasteiger partial charge in [0.05, 0.1) is 35.4 Å². The third kappa shape index (κ3) is 7.62. The second kappa shape index (κ2) is 14.5. The van der Waals surface area contributed by atoms with Crippen LogP contribution >= 0.6 is 0 Å². The van der Waals surface area contributed by atoms with E-state index in [0.717, 1.165) is 47.2 Å². The number of nitrogens with one attached hydrogen (secondary N) is 2. The van der Waals surface area contributed by atoms with Crippen LogP contribution in [-0.4, -0.2) is 37.5 Å². The van der Waals surface area contributed by atoms with E-state index in [4.69, 9.17) is 14.2 Å². The predicted molar refractivity (Wildman–Crippen MR) is 191 cm³/mol. The lowest BCUT2D eigenvalue weighted by Crippen LogP contribution is -2.40. The van der Waals surface area contributed by atoms with Crippen molar-refractivity contribution in [2.45, 2.75) is 78.4 Å². The zero-order valence-electron chi connectivity index (χ0n) is 29.2. The third-order valence-corrected chi connectivity index (χ3v) is 10.5. The minimum atomic E-state index is -0.693. The van der Waals surface area contributed by atoms with Crippen LogP contribution in [-0.2, 0) is 16.1 Å². The van der Waals surface area contributed by atoms with Gasteiger partial charge in [-0.1, -0.05) is 67.4 Å². The van der Waals surface area contributed by atoms with Crippen molar-refractivity contribution in [1.29, 1.82) is 0 Å². The normalized spacial score (nSPS) is 19.6. The van der Waals surface area contributed by atoms with E-state index < -0.39 is 17.1 Å². The Morgan fingerprint density at radius 1 is 0.860 bits per heavy atom. The summed E-state index contributed by atoms with van der Waals surface area (Å²) in [5.74, 6) is -1.82. The van der Waals surface area contributed by atoms with E-state index in [9.17, 15) is 14.4 Å². The molecule has 0 aliphatic heterocycles. The van der Waals surface area contributed by atoms with Crippen LogP contribution in [0.2, 0.25) is 0 Å². The standard InChI is InChI=1S/C41H45FN2O6/c1-26-13-14-34(31(21-26)37(45)43-25-40(2)17-8-18-40)44-38(46)32-22-36(33(42)23-35(32)48-4)50-29-15-19-41(3,20-16-29)39(47)49-24-28-11-7-10-27-9-5-6-12-30(27)28/h5-7,9-14,21-23,29H,8,15-20,24-25H2,1-4H3,(H,43,45)(H,44,46)/t29-,41+. The lowest BCUT2D eigenvalue weighted by molar-refractivity contribution is -0.159. The van der Waals surface area contributed by atoms with Gasteiger partial charge in [0.2, 0.25) is 0 Å². The number of amides is 2. The van der Waals surface area contributed by atoms with Crippen molar-refractivity contribution in [2.24, 2.45) is 10.8 Å². The Balaban J connectivity index is 1.10. The average molecular weight is 681 g/mol. The number of anilines is 1. The number of benzene rings is 4. The van der Waals surface area contributed by atoms with Crippen LogP contribution in [0.1, 0.15) is 90.6 Å². The maximum Gasteiger partial charge on any atom is 0.312 e. The van der Waals surface area contributed by atoms with E-state index >= 15 is 4.39 Å². The van der Waals surface area contributed by atoms with E-state index in [2.05, 4.69) is 17.6 Å². The van der Waals surface area contributed by atoms with E-state index in [1.54, 1.807) is 12.1 Å². The van der Waals surface area contributed by atoms with Gasteiger partial charge in [0, 0.05) is 12.6 Å². The maximum absolute atomic E-state index is 15.3. The number of esters is 1. The molecule has 2 amide bonds. The molecule has 50 heavy (non-hydrogen) atoms. The quantitative estimate of drug-likeness (QED) is 0.154. The topological polar surface area (TPSA) is 103 Å². The summed E-state index contributed by atoms with van der Waals surface area (Å²) in [5.41, 5.74) is 1.98. The highest BCUT2D eigenvalue weighted by Crippen LogP contribution is 2.41. The highest BCUT2D eigenvalue weighted by molar-refractivity contribution is 6.10. The molecule has 4 aromatic rings. The van der Waals surface area contributed by atoms with Gasteiger partial charge < -0.3 is 24.8 Å². The van der Waals surface area contributed by atoms with E-state index in [0.29, 0.717) is 43.5 Å². The van der Waals surface area contributed by atoms with E-state index in [-0.39, 0.29) is 47.1 Å². The molecule has 4 aromatic carbocycles. The second-order valence-electron chi connectivity index (χ2n) is 14.4. The first-order valence-corrected chi connectivity index (χ1v) is 17.4. The van der Waals surface area contributed by atoms with E-state index in [1.807, 2.05) is 62.4 Å². The molecule has 0 atom stereocenters. The van der Waals surface area contributed by atoms with Gasteiger partial charge in [-0.3, -0.25) is 14.4 Å². The largest absolute Gasteiger partial charge is 0.496 e. The Bertz CT molecular complexity index is 1910. The first-order chi connectivity index (χ1) is 24.0. The summed E-state index contributed by atoms with van der Waals surface area (Å²) < 4.78 is 32.6. The zero-order valence-corrected chi connectivity index (χ0v) is 29.2. The van der Waals surface area contributed by atoms with Crippen LogP contribution < -0.4 is 20.1 Å². The minimum absolute atomic E-state index is 0.0357. The summed E-state index contributed by atoms with van der Waals surface area (Å²) in [6.07, 6.45) is 4.96. The van der Waals surface area contributed by atoms with Gasteiger partial charge in [0.25, 0.3) is 11.8 Å². The molecule has 0 spiro atoms. The van der Waals surface area contributed by atoms with Crippen LogP contribution in [0.4, 0.5) is 10.1 Å². The number of carbonyl (C=O) groups is 3. The highest BCUT2D eigenvalue weighted by atomic mass is 19.1. The lowest BCUT2D eigenvalue weighted by atomic mass is 9.70. The molecule has 2 fully saturated rings. The number of fused-ring (bicyclic) bond motifs is 1. The fraction of sp³-hybridized carbons (Fsp3) is 0.390. The van der Waals surface area contributed by atoms with Gasteiger partial charge in [-0.2, -0.15) is 0 Å². The Morgan fingerprint density at radius 2 is 1.60 bits per heavy atom. The maximum atomic E-state index is 15.3. The number of halogens is 1. The molecule has 2 saturated carbocycles. The molecule has 9 heteroatoms. The van der Waals surface area contributed by atoms with Gasteiger partial charge in [-0.15, -0.1) is 0 Å². The molecule has 0 heterocycles. The number of ether oxygens (including phenoxy) is 3. The third-order valence-electron chi connectivity index (χ3n) is 10.5. The second-order valence-corrected chi connectivity index (χ2v) is 14.4. The number of hydrogen-bond acceptors (Lipinski definition) is 6. The fourth-order valence-electron chi connectivity index (χ4n) is 6.93. The fourth-order valence-corrected chi connectivity index (χ4v) is 6.93. The summed E-state index contributed by atoms with van der Waals surface area (Å²) >= 11 is 0. The SMILES string of the molecule is COc1cc(F)c(O[C@H]2CC[C@@](C)(C(=O)OCc3cccc4ccccc34)CC2)cc1C(=O)Nc1ccc(C)cc1C(=O)NCC1(C)CCC1. The molecule has 0 aromatic heterocycles. The van der Waals surface area contributed by atoms with Crippen LogP contribution in [0.3, 0.4) is 0 Å². The minimum Gasteiger partial charge on any atom is -0.496 e. The molecule has 2 N–H and O–H groups in total. The number of rotatable bonds is 11. The molecular formula is C41H45FN2O6. The van der Waals surface area contributed by atoms with Crippen LogP contribution in [0.5, 0.6) is 11.5 Å².